The highest BCUT2D eigenvalue weighted by atomic mass is 16.5. The van der Waals surface area contributed by atoms with Gasteiger partial charge in [0, 0.05) is 17.7 Å². The maximum atomic E-state index is 6.04. The number of para-hydroxylation sites is 2. The number of hydrogen-bond donors (Lipinski definition) is 1. The van der Waals surface area contributed by atoms with Gasteiger partial charge in [-0.1, -0.05) is 49.7 Å². The van der Waals surface area contributed by atoms with Crippen LogP contribution in [0.2, 0.25) is 0 Å². The summed E-state index contributed by atoms with van der Waals surface area (Å²) in [7, 11) is 0. The van der Waals surface area contributed by atoms with Crippen molar-refractivity contribution in [1.82, 2.24) is 5.32 Å². The standard InChI is InChI=1S/C19H21NO/c1-19(11-6-12-19)13-20-18-14-7-2-4-9-16(14)21-17-10-5-3-8-15(17)18/h2-5,7-10,18,20H,6,11-13H2,1H3. The van der Waals surface area contributed by atoms with Crippen LogP contribution in [0.25, 0.3) is 0 Å². The number of benzene rings is 2. The van der Waals surface area contributed by atoms with Crippen LogP contribution in [0.15, 0.2) is 48.5 Å². The van der Waals surface area contributed by atoms with Gasteiger partial charge in [-0.15, -0.1) is 0 Å². The first-order valence-electron chi connectivity index (χ1n) is 7.84. The molecule has 0 radical (unpaired) electrons. The molecule has 0 saturated heterocycles. The van der Waals surface area contributed by atoms with E-state index in [2.05, 4.69) is 48.6 Å². The summed E-state index contributed by atoms with van der Waals surface area (Å²) in [5.74, 6) is 1.96. The predicted octanol–water partition coefficient (Wildman–Crippen LogP) is 4.66. The molecule has 1 N–H and O–H groups in total. The Labute approximate surface area is 126 Å². The van der Waals surface area contributed by atoms with Crippen molar-refractivity contribution in [3.63, 3.8) is 0 Å². The summed E-state index contributed by atoms with van der Waals surface area (Å²) in [6.07, 6.45) is 4.05. The molecule has 2 aromatic carbocycles. The summed E-state index contributed by atoms with van der Waals surface area (Å²) >= 11 is 0. The number of hydrogen-bond acceptors (Lipinski definition) is 2. The number of rotatable bonds is 3. The Morgan fingerprint density at radius 3 is 2.10 bits per heavy atom. The molecule has 1 aliphatic heterocycles. The van der Waals surface area contributed by atoms with E-state index in [1.165, 1.54) is 30.4 Å². The first-order valence-corrected chi connectivity index (χ1v) is 7.84. The molecule has 0 unspecified atom stereocenters. The van der Waals surface area contributed by atoms with Gasteiger partial charge < -0.3 is 10.1 Å². The lowest BCUT2D eigenvalue weighted by atomic mass is 9.70. The molecule has 0 aromatic heterocycles. The van der Waals surface area contributed by atoms with Gasteiger partial charge in [-0.25, -0.2) is 0 Å². The highest BCUT2D eigenvalue weighted by molar-refractivity contribution is 5.52. The second kappa shape index (κ2) is 4.88. The molecule has 2 nitrogen and oxygen atoms in total. The Bertz CT molecular complexity index is 615. The van der Waals surface area contributed by atoms with E-state index in [9.17, 15) is 0 Å². The van der Waals surface area contributed by atoms with Crippen LogP contribution in [0.5, 0.6) is 11.5 Å². The van der Waals surface area contributed by atoms with Crippen LogP contribution in [0.1, 0.15) is 43.4 Å². The van der Waals surface area contributed by atoms with Gasteiger partial charge in [0.05, 0.1) is 6.04 Å². The monoisotopic (exact) mass is 279 g/mol. The Kier molecular flexibility index (Phi) is 3.00. The van der Waals surface area contributed by atoms with Crippen LogP contribution in [0.3, 0.4) is 0 Å². The molecule has 108 valence electrons. The minimum Gasteiger partial charge on any atom is -0.457 e. The second-order valence-corrected chi connectivity index (χ2v) is 6.66. The normalized spacial score (nSPS) is 19.1. The molecule has 21 heavy (non-hydrogen) atoms. The largest absolute Gasteiger partial charge is 0.457 e. The maximum Gasteiger partial charge on any atom is 0.132 e. The van der Waals surface area contributed by atoms with E-state index in [-0.39, 0.29) is 6.04 Å². The molecule has 0 bridgehead atoms. The highest BCUT2D eigenvalue weighted by Crippen LogP contribution is 2.44. The third-order valence-corrected chi connectivity index (χ3v) is 4.97. The average Bonchev–Trinajstić information content (AvgIpc) is 2.49. The first-order chi connectivity index (χ1) is 10.3. The van der Waals surface area contributed by atoms with Crippen LogP contribution in [0, 0.1) is 5.41 Å². The minimum absolute atomic E-state index is 0.239. The maximum absolute atomic E-state index is 6.04. The lowest BCUT2D eigenvalue weighted by Crippen LogP contribution is -2.39. The number of fused-ring (bicyclic) bond motifs is 2. The van der Waals surface area contributed by atoms with Crippen LogP contribution in [-0.2, 0) is 0 Å². The van der Waals surface area contributed by atoms with E-state index in [1.807, 2.05) is 12.1 Å². The summed E-state index contributed by atoms with van der Waals surface area (Å²) in [5, 5.41) is 3.80. The Morgan fingerprint density at radius 2 is 1.57 bits per heavy atom. The number of nitrogens with one attached hydrogen (secondary N) is 1. The van der Waals surface area contributed by atoms with Gasteiger partial charge in [-0.3, -0.25) is 0 Å². The topological polar surface area (TPSA) is 21.3 Å². The summed E-state index contributed by atoms with van der Waals surface area (Å²) in [4.78, 5) is 0. The van der Waals surface area contributed by atoms with Gasteiger partial charge >= 0.3 is 0 Å². The molecule has 2 aromatic rings. The Morgan fingerprint density at radius 1 is 1.00 bits per heavy atom. The fourth-order valence-electron chi connectivity index (χ4n) is 3.44. The minimum atomic E-state index is 0.239. The first kappa shape index (κ1) is 12.9. The third kappa shape index (κ3) is 2.24. The highest BCUT2D eigenvalue weighted by Gasteiger charge is 2.34. The summed E-state index contributed by atoms with van der Waals surface area (Å²) < 4.78 is 6.04. The van der Waals surface area contributed by atoms with Crippen LogP contribution < -0.4 is 10.1 Å². The predicted molar refractivity (Wildman–Crippen MR) is 84.8 cm³/mol. The molecule has 2 heteroatoms. The van der Waals surface area contributed by atoms with Crippen molar-refractivity contribution in [2.75, 3.05) is 6.54 Å². The van der Waals surface area contributed by atoms with Crippen molar-refractivity contribution in [3.8, 4) is 11.5 Å². The van der Waals surface area contributed by atoms with Crippen molar-refractivity contribution >= 4 is 0 Å². The number of ether oxygens (including phenoxy) is 1. The summed E-state index contributed by atoms with van der Waals surface area (Å²) in [5.41, 5.74) is 2.97. The summed E-state index contributed by atoms with van der Waals surface area (Å²) in [6.45, 7) is 3.46. The zero-order valence-electron chi connectivity index (χ0n) is 12.4. The van der Waals surface area contributed by atoms with Crippen LogP contribution >= 0.6 is 0 Å². The van der Waals surface area contributed by atoms with Crippen LogP contribution in [0.4, 0.5) is 0 Å². The van der Waals surface area contributed by atoms with E-state index in [0.29, 0.717) is 5.41 Å². The molecule has 1 saturated carbocycles. The molecule has 1 aliphatic carbocycles. The lowest BCUT2D eigenvalue weighted by Gasteiger charge is -2.40. The zero-order valence-corrected chi connectivity index (χ0v) is 12.4. The molecule has 0 atom stereocenters. The summed E-state index contributed by atoms with van der Waals surface area (Å²) in [6, 6.07) is 17.0. The Hall–Kier alpha value is -1.80. The van der Waals surface area contributed by atoms with Crippen molar-refractivity contribution in [1.29, 1.82) is 0 Å². The molecular formula is C19H21NO. The fourth-order valence-corrected chi connectivity index (χ4v) is 3.44. The lowest BCUT2D eigenvalue weighted by molar-refractivity contribution is 0.152. The van der Waals surface area contributed by atoms with Gasteiger partial charge in [0.25, 0.3) is 0 Å². The van der Waals surface area contributed by atoms with Crippen LogP contribution in [-0.4, -0.2) is 6.54 Å². The van der Waals surface area contributed by atoms with Crippen molar-refractivity contribution in [3.05, 3.63) is 59.7 Å². The zero-order chi connectivity index (χ0) is 14.3. The molecule has 4 rings (SSSR count). The molecule has 0 amide bonds. The molecular weight excluding hydrogens is 258 g/mol. The molecule has 1 fully saturated rings. The van der Waals surface area contributed by atoms with Gasteiger partial charge in [0.15, 0.2) is 0 Å². The van der Waals surface area contributed by atoms with E-state index in [4.69, 9.17) is 4.74 Å². The van der Waals surface area contributed by atoms with Gasteiger partial charge in [-0.05, 0) is 30.4 Å². The molecule has 0 spiro atoms. The van der Waals surface area contributed by atoms with Crippen molar-refractivity contribution < 1.29 is 4.74 Å². The Balaban J connectivity index is 1.68. The fraction of sp³-hybridized carbons (Fsp3) is 0.368. The third-order valence-electron chi connectivity index (χ3n) is 4.97. The smallest absolute Gasteiger partial charge is 0.132 e. The van der Waals surface area contributed by atoms with E-state index in [1.54, 1.807) is 0 Å². The second-order valence-electron chi connectivity index (χ2n) is 6.66. The SMILES string of the molecule is CC1(CNC2c3ccccc3Oc3ccccc32)CCC1. The molecule has 2 aliphatic rings. The van der Waals surface area contributed by atoms with Gasteiger partial charge in [0.1, 0.15) is 11.5 Å². The van der Waals surface area contributed by atoms with Crippen molar-refractivity contribution in [2.45, 2.75) is 32.2 Å². The quantitative estimate of drug-likeness (QED) is 0.882. The van der Waals surface area contributed by atoms with E-state index in [0.717, 1.165) is 18.0 Å². The van der Waals surface area contributed by atoms with Crippen molar-refractivity contribution in [2.24, 2.45) is 5.41 Å². The molecule has 1 heterocycles. The average molecular weight is 279 g/mol. The van der Waals surface area contributed by atoms with Gasteiger partial charge in [0.2, 0.25) is 0 Å². The van der Waals surface area contributed by atoms with Gasteiger partial charge in [-0.2, -0.15) is 0 Å². The van der Waals surface area contributed by atoms with E-state index < -0.39 is 0 Å². The van der Waals surface area contributed by atoms with E-state index >= 15 is 0 Å².